The first-order valence-electron chi connectivity index (χ1n) is 4.33. The van der Waals surface area contributed by atoms with Gasteiger partial charge in [0, 0.05) is 22.6 Å². The molecular formula is C10H9BrN2O2. The minimum Gasteiger partial charge on any atom is -0.303 e. The second kappa shape index (κ2) is 5.44. The van der Waals surface area contributed by atoms with Crippen molar-refractivity contribution in [3.63, 3.8) is 0 Å². The lowest BCUT2D eigenvalue weighted by atomic mass is 10.4. The Morgan fingerprint density at radius 3 is 2.73 bits per heavy atom. The Kier molecular flexibility index (Phi) is 4.21. The van der Waals surface area contributed by atoms with Crippen molar-refractivity contribution in [3.05, 3.63) is 34.7 Å². The largest absolute Gasteiger partial charge is 0.373 e. The van der Waals surface area contributed by atoms with Gasteiger partial charge in [0.1, 0.15) is 5.65 Å². The van der Waals surface area contributed by atoms with Gasteiger partial charge in [-0.1, -0.05) is 6.92 Å². The molecule has 0 saturated heterocycles. The standard InChI is InChI=1S/C9H9BrN2.CO2/c1-2-8-5-11-9-4-3-7(10)6-12(8)9;2-1-3/h3-6H,2H2,1H3;. The topological polar surface area (TPSA) is 51.4 Å². The first kappa shape index (κ1) is 11.6. The summed E-state index contributed by atoms with van der Waals surface area (Å²) in [5.74, 6) is 0. The van der Waals surface area contributed by atoms with Gasteiger partial charge >= 0.3 is 6.15 Å². The summed E-state index contributed by atoms with van der Waals surface area (Å²) in [5, 5.41) is 0. The molecule has 0 aliphatic carbocycles. The van der Waals surface area contributed by atoms with Crippen LogP contribution in [-0.4, -0.2) is 15.5 Å². The molecule has 0 aliphatic rings. The molecule has 2 aromatic rings. The highest BCUT2D eigenvalue weighted by atomic mass is 79.9. The van der Waals surface area contributed by atoms with Crippen LogP contribution in [0.5, 0.6) is 0 Å². The Morgan fingerprint density at radius 2 is 2.13 bits per heavy atom. The van der Waals surface area contributed by atoms with Crippen LogP contribution >= 0.6 is 15.9 Å². The monoisotopic (exact) mass is 268 g/mol. The first-order chi connectivity index (χ1) is 7.22. The van der Waals surface area contributed by atoms with Crippen LogP contribution in [0.4, 0.5) is 0 Å². The number of hydrogen-bond acceptors (Lipinski definition) is 3. The number of fused-ring (bicyclic) bond motifs is 1. The molecule has 0 radical (unpaired) electrons. The average Bonchev–Trinajstić information content (AvgIpc) is 2.61. The summed E-state index contributed by atoms with van der Waals surface area (Å²) in [6, 6.07) is 4.00. The summed E-state index contributed by atoms with van der Waals surface area (Å²) < 4.78 is 3.19. The fourth-order valence-corrected chi connectivity index (χ4v) is 1.60. The van der Waals surface area contributed by atoms with E-state index in [1.807, 2.05) is 24.5 Å². The van der Waals surface area contributed by atoms with Crippen LogP contribution in [0.1, 0.15) is 12.6 Å². The van der Waals surface area contributed by atoms with Crippen molar-refractivity contribution >= 4 is 27.7 Å². The van der Waals surface area contributed by atoms with Gasteiger partial charge in [0.05, 0.1) is 0 Å². The maximum Gasteiger partial charge on any atom is 0.373 e. The molecule has 0 fully saturated rings. The van der Waals surface area contributed by atoms with Gasteiger partial charge in [-0.05, 0) is 34.5 Å². The molecule has 0 aromatic carbocycles. The van der Waals surface area contributed by atoms with Gasteiger partial charge in [-0.15, -0.1) is 0 Å². The summed E-state index contributed by atoms with van der Waals surface area (Å²) >= 11 is 3.43. The van der Waals surface area contributed by atoms with E-state index in [1.54, 1.807) is 0 Å². The van der Waals surface area contributed by atoms with Crippen molar-refractivity contribution in [2.24, 2.45) is 0 Å². The number of pyridine rings is 1. The number of aryl methyl sites for hydroxylation is 1. The van der Waals surface area contributed by atoms with E-state index in [2.05, 4.69) is 32.2 Å². The van der Waals surface area contributed by atoms with Crippen molar-refractivity contribution in [3.8, 4) is 0 Å². The number of halogens is 1. The van der Waals surface area contributed by atoms with Gasteiger partial charge in [0.25, 0.3) is 0 Å². The van der Waals surface area contributed by atoms with Crippen LogP contribution in [0.15, 0.2) is 29.0 Å². The molecule has 0 N–H and O–H groups in total. The summed E-state index contributed by atoms with van der Waals surface area (Å²) in [6.45, 7) is 2.13. The Hall–Kier alpha value is -1.45. The zero-order valence-electron chi connectivity index (χ0n) is 8.11. The highest BCUT2D eigenvalue weighted by Gasteiger charge is 1.99. The maximum absolute atomic E-state index is 8.12. The molecule has 0 bridgehead atoms. The second-order valence-electron chi connectivity index (χ2n) is 2.76. The van der Waals surface area contributed by atoms with E-state index in [-0.39, 0.29) is 6.15 Å². The van der Waals surface area contributed by atoms with E-state index in [0.29, 0.717) is 0 Å². The lowest BCUT2D eigenvalue weighted by molar-refractivity contribution is -0.191. The van der Waals surface area contributed by atoms with E-state index in [4.69, 9.17) is 9.59 Å². The summed E-state index contributed by atoms with van der Waals surface area (Å²) in [5.41, 5.74) is 2.25. The number of rotatable bonds is 1. The summed E-state index contributed by atoms with van der Waals surface area (Å²) in [4.78, 5) is 20.5. The normalized spacial score (nSPS) is 9.20. The molecule has 0 saturated carbocycles. The third-order valence-electron chi connectivity index (χ3n) is 1.91. The smallest absolute Gasteiger partial charge is 0.303 e. The van der Waals surface area contributed by atoms with Crippen LogP contribution in [0.3, 0.4) is 0 Å². The van der Waals surface area contributed by atoms with Crippen molar-refractivity contribution < 1.29 is 9.59 Å². The zero-order chi connectivity index (χ0) is 11.3. The quantitative estimate of drug-likeness (QED) is 0.796. The van der Waals surface area contributed by atoms with Gasteiger partial charge in [0.15, 0.2) is 0 Å². The molecule has 0 atom stereocenters. The molecule has 0 amide bonds. The Morgan fingerprint density at radius 1 is 1.47 bits per heavy atom. The molecule has 5 heteroatoms. The molecule has 0 aliphatic heterocycles. The third kappa shape index (κ3) is 2.75. The Labute approximate surface area is 95.1 Å². The first-order valence-corrected chi connectivity index (χ1v) is 5.13. The minimum atomic E-state index is 0.250. The molecule has 2 heterocycles. The van der Waals surface area contributed by atoms with E-state index in [0.717, 1.165) is 16.5 Å². The minimum absolute atomic E-state index is 0.250. The zero-order valence-corrected chi connectivity index (χ0v) is 9.69. The van der Waals surface area contributed by atoms with Crippen LogP contribution in [-0.2, 0) is 16.0 Å². The molecule has 0 spiro atoms. The van der Waals surface area contributed by atoms with Crippen molar-refractivity contribution in [1.82, 2.24) is 9.38 Å². The fraction of sp³-hybridized carbons (Fsp3) is 0.200. The highest BCUT2D eigenvalue weighted by molar-refractivity contribution is 9.10. The van der Waals surface area contributed by atoms with Gasteiger partial charge in [-0.3, -0.25) is 0 Å². The van der Waals surface area contributed by atoms with Gasteiger partial charge in [-0.2, -0.15) is 9.59 Å². The Balaban J connectivity index is 0.000000337. The van der Waals surface area contributed by atoms with Crippen LogP contribution in [0.25, 0.3) is 5.65 Å². The second-order valence-corrected chi connectivity index (χ2v) is 3.68. The van der Waals surface area contributed by atoms with Crippen molar-refractivity contribution in [2.75, 3.05) is 0 Å². The molecule has 2 rings (SSSR count). The predicted molar refractivity (Wildman–Crippen MR) is 57.3 cm³/mol. The summed E-state index contributed by atoms with van der Waals surface area (Å²) in [7, 11) is 0. The molecule has 15 heavy (non-hydrogen) atoms. The summed E-state index contributed by atoms with van der Waals surface area (Å²) in [6.07, 6.45) is 5.22. The number of hydrogen-bond donors (Lipinski definition) is 0. The number of carbonyl (C=O) groups excluding carboxylic acids is 2. The predicted octanol–water partition coefficient (Wildman–Crippen LogP) is 2.08. The van der Waals surface area contributed by atoms with E-state index in [9.17, 15) is 0 Å². The highest BCUT2D eigenvalue weighted by Crippen LogP contribution is 2.13. The van der Waals surface area contributed by atoms with Crippen molar-refractivity contribution in [1.29, 1.82) is 0 Å². The molecule has 2 aromatic heterocycles. The van der Waals surface area contributed by atoms with Gasteiger partial charge in [-0.25, -0.2) is 4.98 Å². The van der Waals surface area contributed by atoms with Crippen molar-refractivity contribution in [2.45, 2.75) is 13.3 Å². The van der Waals surface area contributed by atoms with Gasteiger partial charge < -0.3 is 4.40 Å². The maximum atomic E-state index is 8.12. The SMILES string of the molecule is CCc1cnc2ccc(Br)cn12.O=C=O. The lowest BCUT2D eigenvalue weighted by Gasteiger charge is -1.97. The average molecular weight is 269 g/mol. The molecule has 78 valence electrons. The van der Waals surface area contributed by atoms with E-state index in [1.165, 1.54) is 5.69 Å². The molecule has 4 nitrogen and oxygen atoms in total. The molecule has 0 unspecified atom stereocenters. The Bertz CT molecular complexity index is 487. The third-order valence-corrected chi connectivity index (χ3v) is 2.38. The van der Waals surface area contributed by atoms with Gasteiger partial charge in [0.2, 0.25) is 0 Å². The number of nitrogens with zero attached hydrogens (tertiary/aromatic N) is 2. The lowest BCUT2D eigenvalue weighted by Crippen LogP contribution is -1.89. The fourth-order valence-electron chi connectivity index (χ4n) is 1.27. The van der Waals surface area contributed by atoms with Crippen LogP contribution in [0.2, 0.25) is 0 Å². The van der Waals surface area contributed by atoms with Crippen LogP contribution < -0.4 is 0 Å². The van der Waals surface area contributed by atoms with E-state index >= 15 is 0 Å². The number of imidazole rings is 1. The van der Waals surface area contributed by atoms with Crippen LogP contribution in [0, 0.1) is 0 Å². The van der Waals surface area contributed by atoms with E-state index < -0.39 is 0 Å². The molecular weight excluding hydrogens is 260 g/mol. The number of aromatic nitrogens is 2.